The molecule has 0 radical (unpaired) electrons. The fourth-order valence-electron chi connectivity index (χ4n) is 2.15. The summed E-state index contributed by atoms with van der Waals surface area (Å²) in [6.07, 6.45) is 1.67. The Morgan fingerprint density at radius 3 is 2.10 bits per heavy atom. The molecule has 122 valence electrons. The van der Waals surface area contributed by atoms with Crippen LogP contribution in [0.5, 0.6) is 0 Å². The quantitative estimate of drug-likeness (QED) is 0.515. The van der Waals surface area contributed by atoms with Gasteiger partial charge < -0.3 is 14.2 Å². The molecule has 0 aromatic heterocycles. The number of esters is 2. The van der Waals surface area contributed by atoms with E-state index in [1.165, 1.54) is 0 Å². The van der Waals surface area contributed by atoms with Crippen molar-refractivity contribution in [2.45, 2.75) is 49.7 Å². The van der Waals surface area contributed by atoms with Crippen molar-refractivity contribution in [3.8, 4) is 0 Å². The Labute approximate surface area is 135 Å². The average Bonchev–Trinajstić information content (AvgIpc) is 2.88. The molecule has 1 unspecified atom stereocenters. The van der Waals surface area contributed by atoms with Gasteiger partial charge in [0.1, 0.15) is 4.93 Å². The van der Waals surface area contributed by atoms with Gasteiger partial charge in [-0.05, 0) is 26.7 Å². The summed E-state index contributed by atoms with van der Waals surface area (Å²) in [6.45, 7) is 4.92. The standard InChI is InChI=1S/C14H24O5S2/c1-3-17-12(15)5-7-14(8-6-13(16)18-4-2)19-9-11(10-20)21-14/h11,20H,3-10H2,1-2H3. The number of carbonyl (C=O) groups is 2. The first-order chi connectivity index (χ1) is 10.0. The molecule has 21 heavy (non-hydrogen) atoms. The van der Waals surface area contributed by atoms with E-state index < -0.39 is 4.93 Å². The van der Waals surface area contributed by atoms with Crippen molar-refractivity contribution in [2.24, 2.45) is 0 Å². The van der Waals surface area contributed by atoms with Gasteiger partial charge in [0.15, 0.2) is 0 Å². The third kappa shape index (κ3) is 6.48. The van der Waals surface area contributed by atoms with E-state index in [0.29, 0.717) is 51.3 Å². The van der Waals surface area contributed by atoms with E-state index in [4.69, 9.17) is 14.2 Å². The summed E-state index contributed by atoms with van der Waals surface area (Å²) in [5.41, 5.74) is 0. The maximum absolute atomic E-state index is 11.5. The highest BCUT2D eigenvalue weighted by atomic mass is 32.2. The van der Waals surface area contributed by atoms with E-state index in [9.17, 15) is 9.59 Å². The summed E-state index contributed by atoms with van der Waals surface area (Å²) in [5.74, 6) is 0.253. The average molecular weight is 336 g/mol. The van der Waals surface area contributed by atoms with Crippen molar-refractivity contribution in [1.29, 1.82) is 0 Å². The van der Waals surface area contributed by atoms with Crippen LogP contribution in [0.3, 0.4) is 0 Å². The van der Waals surface area contributed by atoms with Crippen molar-refractivity contribution in [3.05, 3.63) is 0 Å². The maximum Gasteiger partial charge on any atom is 0.305 e. The molecule has 1 atom stereocenters. The Morgan fingerprint density at radius 1 is 1.19 bits per heavy atom. The van der Waals surface area contributed by atoms with Crippen molar-refractivity contribution < 1.29 is 23.8 Å². The fourth-order valence-corrected chi connectivity index (χ4v) is 3.87. The highest BCUT2D eigenvalue weighted by molar-refractivity contribution is 8.02. The summed E-state index contributed by atoms with van der Waals surface area (Å²) in [7, 11) is 0. The molecule has 1 rings (SSSR count). The molecule has 0 spiro atoms. The number of rotatable bonds is 9. The molecule has 5 nitrogen and oxygen atoms in total. The van der Waals surface area contributed by atoms with Gasteiger partial charge >= 0.3 is 11.9 Å². The molecule has 0 aromatic carbocycles. The van der Waals surface area contributed by atoms with Crippen molar-refractivity contribution in [1.82, 2.24) is 0 Å². The van der Waals surface area contributed by atoms with E-state index >= 15 is 0 Å². The second-order valence-electron chi connectivity index (χ2n) is 4.75. The molecule has 1 aliphatic rings. The van der Waals surface area contributed by atoms with Gasteiger partial charge in [-0.2, -0.15) is 12.6 Å². The predicted molar refractivity (Wildman–Crippen MR) is 85.6 cm³/mol. The van der Waals surface area contributed by atoms with Crippen LogP contribution in [0.2, 0.25) is 0 Å². The van der Waals surface area contributed by atoms with Crippen LogP contribution < -0.4 is 0 Å². The Balaban J connectivity index is 2.54. The van der Waals surface area contributed by atoms with E-state index in [2.05, 4.69) is 12.6 Å². The summed E-state index contributed by atoms with van der Waals surface area (Å²) in [4.78, 5) is 22.6. The van der Waals surface area contributed by atoms with Gasteiger partial charge in [-0.3, -0.25) is 9.59 Å². The first-order valence-corrected chi connectivity index (χ1v) is 8.80. The van der Waals surface area contributed by atoms with Crippen molar-refractivity contribution in [2.75, 3.05) is 25.6 Å². The highest BCUT2D eigenvalue weighted by Crippen LogP contribution is 2.45. The summed E-state index contributed by atoms with van der Waals surface area (Å²) in [6, 6.07) is 0. The van der Waals surface area contributed by atoms with Crippen LogP contribution in [0.25, 0.3) is 0 Å². The Hall–Kier alpha value is -0.400. The zero-order valence-electron chi connectivity index (χ0n) is 12.6. The van der Waals surface area contributed by atoms with Gasteiger partial charge in [-0.15, -0.1) is 11.8 Å². The number of hydrogen-bond donors (Lipinski definition) is 1. The van der Waals surface area contributed by atoms with Crippen molar-refractivity contribution >= 4 is 36.3 Å². The maximum atomic E-state index is 11.5. The van der Waals surface area contributed by atoms with Crippen molar-refractivity contribution in [3.63, 3.8) is 0 Å². The smallest absolute Gasteiger partial charge is 0.305 e. The molecule has 0 N–H and O–H groups in total. The zero-order valence-corrected chi connectivity index (χ0v) is 14.3. The van der Waals surface area contributed by atoms with Gasteiger partial charge in [0.2, 0.25) is 0 Å². The highest BCUT2D eigenvalue weighted by Gasteiger charge is 2.41. The normalized spacial score (nSPS) is 20.2. The van der Waals surface area contributed by atoms with E-state index in [1.807, 2.05) is 0 Å². The van der Waals surface area contributed by atoms with Gasteiger partial charge in [-0.25, -0.2) is 0 Å². The van der Waals surface area contributed by atoms with Gasteiger partial charge in [-0.1, -0.05) is 0 Å². The molecular weight excluding hydrogens is 312 g/mol. The molecule has 1 saturated heterocycles. The van der Waals surface area contributed by atoms with E-state index in [-0.39, 0.29) is 17.2 Å². The Bertz CT molecular complexity index is 326. The number of thioether (sulfide) groups is 1. The fraction of sp³-hybridized carbons (Fsp3) is 0.857. The first kappa shape index (κ1) is 18.6. The third-order valence-electron chi connectivity index (χ3n) is 3.15. The Kier molecular flexibility index (Phi) is 8.51. The molecule has 1 aliphatic heterocycles. The second kappa shape index (κ2) is 9.58. The third-order valence-corrected chi connectivity index (χ3v) is 5.43. The molecule has 1 fully saturated rings. The second-order valence-corrected chi connectivity index (χ2v) is 6.77. The van der Waals surface area contributed by atoms with Crippen LogP contribution in [0.1, 0.15) is 39.5 Å². The van der Waals surface area contributed by atoms with Gasteiger partial charge in [0.05, 0.1) is 19.8 Å². The SMILES string of the molecule is CCOC(=O)CCC1(CCC(=O)OCC)OCC(CS)S1. The molecular formula is C14H24O5S2. The predicted octanol–water partition coefficient (Wildman–Crippen LogP) is 2.43. The summed E-state index contributed by atoms with van der Waals surface area (Å²) < 4.78 is 15.8. The lowest BCUT2D eigenvalue weighted by molar-refractivity contribution is -0.144. The lowest BCUT2D eigenvalue weighted by Crippen LogP contribution is -2.27. The molecule has 0 aliphatic carbocycles. The van der Waals surface area contributed by atoms with Crippen LogP contribution in [0.15, 0.2) is 0 Å². The summed E-state index contributed by atoms with van der Waals surface area (Å²) >= 11 is 5.96. The molecule has 7 heteroatoms. The molecule has 0 aromatic rings. The lowest BCUT2D eigenvalue weighted by Gasteiger charge is -2.27. The Morgan fingerprint density at radius 2 is 1.71 bits per heavy atom. The molecule has 0 saturated carbocycles. The molecule has 0 amide bonds. The van der Waals surface area contributed by atoms with Gasteiger partial charge in [0.25, 0.3) is 0 Å². The summed E-state index contributed by atoms with van der Waals surface area (Å²) in [5, 5.41) is 0.290. The number of thiol groups is 1. The van der Waals surface area contributed by atoms with Gasteiger partial charge in [0, 0.05) is 23.8 Å². The minimum atomic E-state index is -0.507. The monoisotopic (exact) mass is 336 g/mol. The number of carbonyl (C=O) groups excluding carboxylic acids is 2. The van der Waals surface area contributed by atoms with Crippen LogP contribution in [-0.4, -0.2) is 47.7 Å². The largest absolute Gasteiger partial charge is 0.466 e. The zero-order chi connectivity index (χ0) is 15.7. The topological polar surface area (TPSA) is 61.8 Å². The van der Waals surface area contributed by atoms with Crippen LogP contribution in [0.4, 0.5) is 0 Å². The van der Waals surface area contributed by atoms with Crippen LogP contribution in [-0.2, 0) is 23.8 Å². The van der Waals surface area contributed by atoms with E-state index in [1.54, 1.807) is 25.6 Å². The minimum absolute atomic E-state index is 0.230. The lowest BCUT2D eigenvalue weighted by atomic mass is 10.1. The minimum Gasteiger partial charge on any atom is -0.466 e. The first-order valence-electron chi connectivity index (χ1n) is 7.29. The van der Waals surface area contributed by atoms with Crippen LogP contribution in [0, 0.1) is 0 Å². The molecule has 1 heterocycles. The number of hydrogen-bond acceptors (Lipinski definition) is 7. The van der Waals surface area contributed by atoms with E-state index in [0.717, 1.165) is 0 Å². The molecule has 0 bridgehead atoms. The van der Waals surface area contributed by atoms with Crippen LogP contribution >= 0.6 is 24.4 Å². The number of ether oxygens (including phenoxy) is 3.